The maximum atomic E-state index is 13.1. The van der Waals surface area contributed by atoms with Crippen molar-refractivity contribution in [2.24, 2.45) is 0 Å². The molecule has 94 valence electrons. The van der Waals surface area contributed by atoms with Gasteiger partial charge in [-0.15, -0.1) is 0 Å². The van der Waals surface area contributed by atoms with E-state index in [9.17, 15) is 9.18 Å². The zero-order valence-corrected chi connectivity index (χ0v) is 9.44. The van der Waals surface area contributed by atoms with E-state index in [2.05, 4.69) is 5.48 Å². The molecule has 1 rings (SSSR count). The van der Waals surface area contributed by atoms with Crippen molar-refractivity contribution in [3.63, 3.8) is 0 Å². The van der Waals surface area contributed by atoms with Crippen LogP contribution in [0.5, 0.6) is 0 Å². The van der Waals surface area contributed by atoms with Gasteiger partial charge in [-0.2, -0.15) is 0 Å². The van der Waals surface area contributed by atoms with Gasteiger partial charge in [0.2, 0.25) is 0 Å². The van der Waals surface area contributed by atoms with Gasteiger partial charge in [0.25, 0.3) is 5.91 Å². The van der Waals surface area contributed by atoms with Crippen molar-refractivity contribution in [1.82, 2.24) is 5.48 Å². The first-order valence-electron chi connectivity index (χ1n) is 5.21. The van der Waals surface area contributed by atoms with E-state index in [4.69, 9.17) is 15.7 Å². The second-order valence-electron chi connectivity index (χ2n) is 3.46. The molecule has 0 aromatic heterocycles. The van der Waals surface area contributed by atoms with Crippen molar-refractivity contribution in [2.75, 3.05) is 12.3 Å². The van der Waals surface area contributed by atoms with E-state index in [0.29, 0.717) is 6.42 Å². The van der Waals surface area contributed by atoms with Crippen molar-refractivity contribution >= 4 is 11.6 Å². The number of anilines is 1. The summed E-state index contributed by atoms with van der Waals surface area (Å²) >= 11 is 0. The van der Waals surface area contributed by atoms with E-state index in [1.54, 1.807) is 6.92 Å². The van der Waals surface area contributed by atoms with Crippen LogP contribution in [0.4, 0.5) is 10.1 Å². The van der Waals surface area contributed by atoms with Gasteiger partial charge in [-0.1, -0.05) is 13.0 Å². The third kappa shape index (κ3) is 3.40. The number of hydrogen-bond acceptors (Lipinski definition) is 4. The van der Waals surface area contributed by atoms with Crippen LogP contribution in [0.25, 0.3) is 0 Å². The highest BCUT2D eigenvalue weighted by Gasteiger charge is 2.14. The Bertz CT molecular complexity index is 394. The Hall–Kier alpha value is -1.66. The van der Waals surface area contributed by atoms with Crippen molar-refractivity contribution < 1.29 is 19.1 Å². The summed E-state index contributed by atoms with van der Waals surface area (Å²) in [4.78, 5) is 16.5. The van der Waals surface area contributed by atoms with E-state index < -0.39 is 17.8 Å². The molecule has 1 aromatic rings. The standard InChI is InChI=1S/C11H15FN2O3/c1-2-7(6-15)17-14-11(16)8-4-3-5-9(12)10(8)13/h3-5,7,15H,2,6,13H2,1H3,(H,14,16). The number of aliphatic hydroxyl groups excluding tert-OH is 1. The second kappa shape index (κ2) is 6.17. The maximum Gasteiger partial charge on any atom is 0.277 e. The number of rotatable bonds is 5. The van der Waals surface area contributed by atoms with Crippen LogP contribution in [-0.4, -0.2) is 23.7 Å². The minimum absolute atomic E-state index is 0.00204. The van der Waals surface area contributed by atoms with E-state index in [1.807, 2.05) is 0 Å². The summed E-state index contributed by atoms with van der Waals surface area (Å²) in [6.07, 6.45) is 0.0452. The molecule has 6 heteroatoms. The predicted molar refractivity (Wildman–Crippen MR) is 60.5 cm³/mol. The lowest BCUT2D eigenvalue weighted by Crippen LogP contribution is -2.31. The Morgan fingerprint density at radius 3 is 2.94 bits per heavy atom. The van der Waals surface area contributed by atoms with E-state index in [0.717, 1.165) is 6.07 Å². The summed E-state index contributed by atoms with van der Waals surface area (Å²) in [5, 5.41) is 8.85. The molecule has 0 aliphatic rings. The average Bonchev–Trinajstić information content (AvgIpc) is 2.33. The highest BCUT2D eigenvalue weighted by molar-refractivity contribution is 5.98. The number of nitrogens with two attached hydrogens (primary N) is 1. The number of benzene rings is 1. The Kier molecular flexibility index (Phi) is 4.86. The Labute approximate surface area is 98.3 Å². The number of aliphatic hydroxyl groups is 1. The molecule has 1 unspecified atom stereocenters. The van der Waals surface area contributed by atoms with Gasteiger partial charge < -0.3 is 10.8 Å². The fourth-order valence-corrected chi connectivity index (χ4v) is 1.18. The maximum absolute atomic E-state index is 13.1. The average molecular weight is 242 g/mol. The summed E-state index contributed by atoms with van der Waals surface area (Å²) in [6, 6.07) is 3.93. The van der Waals surface area contributed by atoms with Gasteiger partial charge in [0, 0.05) is 0 Å². The molecule has 0 saturated heterocycles. The molecule has 0 bridgehead atoms. The number of halogens is 1. The van der Waals surface area contributed by atoms with Crippen molar-refractivity contribution in [3.8, 4) is 0 Å². The molecule has 4 N–H and O–H groups in total. The zero-order chi connectivity index (χ0) is 12.8. The number of nitrogens with one attached hydrogen (secondary N) is 1. The van der Waals surface area contributed by atoms with E-state index in [1.165, 1.54) is 12.1 Å². The fraction of sp³-hybridized carbons (Fsp3) is 0.364. The lowest BCUT2D eigenvalue weighted by Gasteiger charge is -2.13. The second-order valence-corrected chi connectivity index (χ2v) is 3.46. The normalized spacial score (nSPS) is 12.2. The van der Waals surface area contributed by atoms with Gasteiger partial charge in [0.1, 0.15) is 11.9 Å². The number of hydrogen-bond donors (Lipinski definition) is 3. The highest BCUT2D eigenvalue weighted by Crippen LogP contribution is 2.15. The monoisotopic (exact) mass is 242 g/mol. The van der Waals surface area contributed by atoms with E-state index >= 15 is 0 Å². The summed E-state index contributed by atoms with van der Waals surface area (Å²) in [7, 11) is 0. The van der Waals surface area contributed by atoms with Crippen LogP contribution in [0, 0.1) is 5.82 Å². The van der Waals surface area contributed by atoms with Gasteiger partial charge >= 0.3 is 0 Å². The Morgan fingerprint density at radius 1 is 1.65 bits per heavy atom. The molecule has 0 heterocycles. The first-order valence-corrected chi connectivity index (χ1v) is 5.21. The third-order valence-electron chi connectivity index (χ3n) is 2.27. The van der Waals surface area contributed by atoms with Crippen molar-refractivity contribution in [3.05, 3.63) is 29.6 Å². The summed E-state index contributed by atoms with van der Waals surface area (Å²) in [5.41, 5.74) is 7.30. The topological polar surface area (TPSA) is 84.6 Å². The molecule has 1 aromatic carbocycles. The van der Waals surface area contributed by atoms with Crippen LogP contribution in [-0.2, 0) is 4.84 Å². The number of amides is 1. The first kappa shape index (κ1) is 13.4. The van der Waals surface area contributed by atoms with Crippen LogP contribution >= 0.6 is 0 Å². The number of hydroxylamine groups is 1. The minimum Gasteiger partial charge on any atom is -0.396 e. The summed E-state index contributed by atoms with van der Waals surface area (Å²) in [6.45, 7) is 1.58. The molecule has 5 nitrogen and oxygen atoms in total. The Morgan fingerprint density at radius 2 is 2.35 bits per heavy atom. The third-order valence-corrected chi connectivity index (χ3v) is 2.27. The first-order chi connectivity index (χ1) is 8.10. The van der Waals surface area contributed by atoms with Crippen LogP contribution in [0.15, 0.2) is 18.2 Å². The lowest BCUT2D eigenvalue weighted by atomic mass is 10.1. The predicted octanol–water partition coefficient (Wildman–Crippen LogP) is 0.840. The van der Waals surface area contributed by atoms with Crippen LogP contribution in [0.3, 0.4) is 0 Å². The van der Waals surface area contributed by atoms with Gasteiger partial charge in [-0.25, -0.2) is 9.87 Å². The van der Waals surface area contributed by atoms with Gasteiger partial charge in [-0.3, -0.25) is 9.63 Å². The Balaban J connectivity index is 2.67. The largest absolute Gasteiger partial charge is 0.396 e. The molecule has 17 heavy (non-hydrogen) atoms. The number of carbonyl (C=O) groups excluding carboxylic acids is 1. The highest BCUT2D eigenvalue weighted by atomic mass is 19.1. The molecule has 0 aliphatic heterocycles. The van der Waals surface area contributed by atoms with Crippen molar-refractivity contribution in [2.45, 2.75) is 19.4 Å². The zero-order valence-electron chi connectivity index (χ0n) is 9.44. The number of para-hydroxylation sites is 1. The molecule has 0 fully saturated rings. The molecule has 1 amide bonds. The summed E-state index contributed by atoms with van der Waals surface area (Å²) < 4.78 is 13.1. The molecular weight excluding hydrogens is 227 g/mol. The van der Waals surface area contributed by atoms with Crippen LogP contribution < -0.4 is 11.2 Å². The molecule has 0 saturated carbocycles. The smallest absolute Gasteiger partial charge is 0.277 e. The van der Waals surface area contributed by atoms with Gasteiger partial charge in [0.05, 0.1) is 17.9 Å². The molecule has 1 atom stereocenters. The lowest BCUT2D eigenvalue weighted by molar-refractivity contribution is -0.0408. The minimum atomic E-state index is -0.660. The van der Waals surface area contributed by atoms with Crippen LogP contribution in [0.2, 0.25) is 0 Å². The number of nitrogen functional groups attached to an aromatic ring is 1. The molecule has 0 spiro atoms. The van der Waals surface area contributed by atoms with E-state index in [-0.39, 0.29) is 17.9 Å². The molecular formula is C11H15FN2O3. The SMILES string of the molecule is CCC(CO)ONC(=O)c1cccc(F)c1N. The summed E-state index contributed by atoms with van der Waals surface area (Å²) in [5.74, 6) is -1.30. The number of carbonyl (C=O) groups is 1. The van der Waals surface area contributed by atoms with Crippen LogP contribution in [0.1, 0.15) is 23.7 Å². The molecule has 0 radical (unpaired) electrons. The van der Waals surface area contributed by atoms with Crippen molar-refractivity contribution in [1.29, 1.82) is 0 Å². The fourth-order valence-electron chi connectivity index (χ4n) is 1.18. The quantitative estimate of drug-likeness (QED) is 0.527. The van der Waals surface area contributed by atoms with Gasteiger partial charge in [-0.05, 0) is 18.6 Å². The van der Waals surface area contributed by atoms with Gasteiger partial charge in [0.15, 0.2) is 0 Å². The molecule has 0 aliphatic carbocycles.